The Labute approximate surface area is 106 Å². The molecule has 0 unspecified atom stereocenters. The molecule has 1 aromatic heterocycles. The SMILES string of the molecule is C[C@H]1C[C@@H]1C(=O)NCCC(=O)Nc1cccnc1. The van der Waals surface area contributed by atoms with Crippen LogP contribution in [0.5, 0.6) is 0 Å². The highest BCUT2D eigenvalue weighted by Crippen LogP contribution is 2.37. The van der Waals surface area contributed by atoms with Crippen molar-refractivity contribution in [2.75, 3.05) is 11.9 Å². The molecule has 5 heteroatoms. The van der Waals surface area contributed by atoms with Crippen molar-refractivity contribution in [2.45, 2.75) is 19.8 Å². The van der Waals surface area contributed by atoms with Crippen molar-refractivity contribution >= 4 is 17.5 Å². The van der Waals surface area contributed by atoms with Gasteiger partial charge in [-0.3, -0.25) is 14.6 Å². The normalized spacial score (nSPS) is 21.2. The minimum atomic E-state index is -0.118. The van der Waals surface area contributed by atoms with Crippen molar-refractivity contribution in [3.05, 3.63) is 24.5 Å². The van der Waals surface area contributed by atoms with Crippen LogP contribution in [0.25, 0.3) is 0 Å². The molecule has 1 aliphatic carbocycles. The van der Waals surface area contributed by atoms with Crippen LogP contribution < -0.4 is 10.6 Å². The molecule has 1 aliphatic rings. The number of hydrogen-bond acceptors (Lipinski definition) is 3. The topological polar surface area (TPSA) is 71.1 Å². The van der Waals surface area contributed by atoms with Crippen molar-refractivity contribution in [3.63, 3.8) is 0 Å². The summed E-state index contributed by atoms with van der Waals surface area (Å²) in [6.07, 6.45) is 4.48. The fourth-order valence-electron chi connectivity index (χ4n) is 1.78. The van der Waals surface area contributed by atoms with Crippen LogP contribution in [0.15, 0.2) is 24.5 Å². The summed E-state index contributed by atoms with van der Waals surface area (Å²) in [5.74, 6) is 0.601. The lowest BCUT2D eigenvalue weighted by Gasteiger charge is -2.06. The molecule has 0 bridgehead atoms. The predicted molar refractivity (Wildman–Crippen MR) is 67.8 cm³/mol. The van der Waals surface area contributed by atoms with E-state index in [4.69, 9.17) is 0 Å². The highest BCUT2D eigenvalue weighted by Gasteiger charge is 2.38. The third kappa shape index (κ3) is 3.55. The molecule has 2 atom stereocenters. The summed E-state index contributed by atoms with van der Waals surface area (Å²) < 4.78 is 0. The summed E-state index contributed by atoms with van der Waals surface area (Å²) in [5.41, 5.74) is 0.671. The Morgan fingerprint density at radius 3 is 2.89 bits per heavy atom. The Hall–Kier alpha value is -1.91. The van der Waals surface area contributed by atoms with Crippen molar-refractivity contribution in [1.29, 1.82) is 0 Å². The second-order valence-electron chi connectivity index (χ2n) is 4.65. The first kappa shape index (κ1) is 12.5. The molecule has 0 aromatic carbocycles. The molecule has 1 heterocycles. The van der Waals surface area contributed by atoms with E-state index in [1.54, 1.807) is 24.5 Å². The van der Waals surface area contributed by atoms with Gasteiger partial charge >= 0.3 is 0 Å². The number of pyridine rings is 1. The third-order valence-electron chi connectivity index (χ3n) is 3.04. The van der Waals surface area contributed by atoms with E-state index >= 15 is 0 Å². The number of amides is 2. The summed E-state index contributed by atoms with van der Waals surface area (Å²) in [5, 5.41) is 5.49. The quantitative estimate of drug-likeness (QED) is 0.820. The molecule has 18 heavy (non-hydrogen) atoms. The van der Waals surface area contributed by atoms with E-state index in [2.05, 4.69) is 22.5 Å². The Bertz CT molecular complexity index is 433. The molecule has 2 rings (SSSR count). The molecule has 1 aromatic rings. The Kier molecular flexibility index (Phi) is 3.92. The lowest BCUT2D eigenvalue weighted by atomic mass is 10.3. The summed E-state index contributed by atoms with van der Waals surface area (Å²) >= 11 is 0. The Morgan fingerprint density at radius 1 is 1.50 bits per heavy atom. The zero-order valence-corrected chi connectivity index (χ0v) is 10.3. The summed E-state index contributed by atoms with van der Waals surface area (Å²) in [4.78, 5) is 27.0. The van der Waals surface area contributed by atoms with Gasteiger partial charge in [-0.1, -0.05) is 6.92 Å². The first-order valence-corrected chi connectivity index (χ1v) is 6.14. The van der Waals surface area contributed by atoms with Crippen molar-refractivity contribution in [3.8, 4) is 0 Å². The number of rotatable bonds is 5. The van der Waals surface area contributed by atoms with Crippen LogP contribution in [0, 0.1) is 11.8 Å². The average Bonchev–Trinajstić information content (AvgIpc) is 3.07. The number of nitrogens with one attached hydrogen (secondary N) is 2. The minimum absolute atomic E-state index is 0.0664. The first-order chi connectivity index (χ1) is 8.66. The van der Waals surface area contributed by atoms with Gasteiger partial charge in [-0.05, 0) is 24.5 Å². The fourth-order valence-corrected chi connectivity index (χ4v) is 1.78. The summed E-state index contributed by atoms with van der Waals surface area (Å²) in [7, 11) is 0. The van der Waals surface area contributed by atoms with Gasteiger partial charge in [-0.15, -0.1) is 0 Å². The van der Waals surface area contributed by atoms with E-state index in [0.29, 0.717) is 18.2 Å². The van der Waals surface area contributed by atoms with E-state index < -0.39 is 0 Å². The number of carbonyl (C=O) groups excluding carboxylic acids is 2. The fraction of sp³-hybridized carbons (Fsp3) is 0.462. The average molecular weight is 247 g/mol. The summed E-state index contributed by atoms with van der Waals surface area (Å²) in [6.45, 7) is 2.44. The van der Waals surface area contributed by atoms with Gasteiger partial charge in [0.15, 0.2) is 0 Å². The van der Waals surface area contributed by atoms with E-state index in [1.165, 1.54) is 0 Å². The Morgan fingerprint density at radius 2 is 2.28 bits per heavy atom. The van der Waals surface area contributed by atoms with Gasteiger partial charge in [-0.25, -0.2) is 0 Å². The first-order valence-electron chi connectivity index (χ1n) is 6.14. The molecule has 0 spiro atoms. The molecule has 2 amide bonds. The van der Waals surface area contributed by atoms with Crippen molar-refractivity contribution in [2.24, 2.45) is 11.8 Å². The monoisotopic (exact) mass is 247 g/mol. The van der Waals surface area contributed by atoms with Crippen molar-refractivity contribution in [1.82, 2.24) is 10.3 Å². The molecule has 2 N–H and O–H groups in total. The maximum atomic E-state index is 11.6. The predicted octanol–water partition coefficient (Wildman–Crippen LogP) is 1.18. The van der Waals surface area contributed by atoms with Crippen LogP contribution in [0.1, 0.15) is 19.8 Å². The molecule has 1 fully saturated rings. The molecule has 5 nitrogen and oxygen atoms in total. The van der Waals surface area contributed by atoms with E-state index in [1.807, 2.05) is 0 Å². The van der Waals surface area contributed by atoms with Crippen LogP contribution in [0.3, 0.4) is 0 Å². The number of carbonyl (C=O) groups is 2. The molecular formula is C13H17N3O2. The lowest BCUT2D eigenvalue weighted by Crippen LogP contribution is -2.29. The second kappa shape index (κ2) is 5.62. The van der Waals surface area contributed by atoms with Gasteiger partial charge < -0.3 is 10.6 Å². The second-order valence-corrected chi connectivity index (χ2v) is 4.65. The minimum Gasteiger partial charge on any atom is -0.355 e. The van der Waals surface area contributed by atoms with Gasteiger partial charge in [0.2, 0.25) is 11.8 Å². The molecule has 0 saturated heterocycles. The van der Waals surface area contributed by atoms with E-state index in [0.717, 1.165) is 6.42 Å². The number of hydrogen-bond donors (Lipinski definition) is 2. The number of aromatic nitrogens is 1. The maximum Gasteiger partial charge on any atom is 0.226 e. The highest BCUT2D eigenvalue weighted by molar-refractivity contribution is 5.91. The van der Waals surface area contributed by atoms with Gasteiger partial charge in [0.05, 0.1) is 11.9 Å². The number of nitrogens with zero attached hydrogens (tertiary/aromatic N) is 1. The molecule has 0 radical (unpaired) electrons. The molecular weight excluding hydrogens is 230 g/mol. The highest BCUT2D eigenvalue weighted by atomic mass is 16.2. The van der Waals surface area contributed by atoms with Gasteiger partial charge in [0.1, 0.15) is 0 Å². The van der Waals surface area contributed by atoms with Gasteiger partial charge in [0.25, 0.3) is 0 Å². The van der Waals surface area contributed by atoms with Gasteiger partial charge in [0, 0.05) is 25.1 Å². The lowest BCUT2D eigenvalue weighted by molar-refractivity contribution is -0.122. The Balaban J connectivity index is 1.65. The summed E-state index contributed by atoms with van der Waals surface area (Å²) in [6, 6.07) is 3.53. The van der Waals surface area contributed by atoms with Crippen LogP contribution in [0.4, 0.5) is 5.69 Å². The van der Waals surface area contributed by atoms with E-state index in [-0.39, 0.29) is 24.2 Å². The number of anilines is 1. The van der Waals surface area contributed by atoms with Crippen LogP contribution in [-0.2, 0) is 9.59 Å². The largest absolute Gasteiger partial charge is 0.355 e. The van der Waals surface area contributed by atoms with Crippen LogP contribution in [-0.4, -0.2) is 23.3 Å². The molecule has 96 valence electrons. The van der Waals surface area contributed by atoms with Crippen LogP contribution in [0.2, 0.25) is 0 Å². The zero-order chi connectivity index (χ0) is 13.0. The standard InChI is InChI=1S/C13H17N3O2/c1-9-7-11(9)13(18)15-6-4-12(17)16-10-3-2-5-14-8-10/h2-3,5,8-9,11H,4,6-7H2,1H3,(H,15,18)(H,16,17)/t9-,11-/m0/s1. The molecule has 1 saturated carbocycles. The zero-order valence-electron chi connectivity index (χ0n) is 10.3. The smallest absolute Gasteiger partial charge is 0.226 e. The molecule has 0 aliphatic heterocycles. The van der Waals surface area contributed by atoms with Crippen molar-refractivity contribution < 1.29 is 9.59 Å². The maximum absolute atomic E-state index is 11.6. The van der Waals surface area contributed by atoms with Crippen LogP contribution >= 0.6 is 0 Å². The van der Waals surface area contributed by atoms with E-state index in [9.17, 15) is 9.59 Å². The third-order valence-corrected chi connectivity index (χ3v) is 3.04. The van der Waals surface area contributed by atoms with Gasteiger partial charge in [-0.2, -0.15) is 0 Å².